The summed E-state index contributed by atoms with van der Waals surface area (Å²) in [7, 11) is 0. The van der Waals surface area contributed by atoms with E-state index in [1.807, 2.05) is 24.3 Å². The van der Waals surface area contributed by atoms with Gasteiger partial charge in [0.05, 0.1) is 16.0 Å². The van der Waals surface area contributed by atoms with Crippen LogP contribution in [0.5, 0.6) is 0 Å². The van der Waals surface area contributed by atoms with Gasteiger partial charge in [-0.1, -0.05) is 23.7 Å². The zero-order valence-electron chi connectivity index (χ0n) is 18.0. The van der Waals surface area contributed by atoms with Gasteiger partial charge in [-0.05, 0) is 36.4 Å². The summed E-state index contributed by atoms with van der Waals surface area (Å²) in [6.07, 6.45) is 1.64. The number of non-ortho nitro benzene ring substituents is 1. The van der Waals surface area contributed by atoms with E-state index in [1.165, 1.54) is 12.1 Å². The van der Waals surface area contributed by atoms with Crippen molar-refractivity contribution in [3.05, 3.63) is 82.1 Å². The van der Waals surface area contributed by atoms with Crippen molar-refractivity contribution < 1.29 is 4.92 Å². The molecule has 0 aliphatic rings. The third kappa shape index (κ3) is 4.02. The van der Waals surface area contributed by atoms with Crippen LogP contribution in [0.2, 0.25) is 5.15 Å². The molecule has 35 heavy (non-hydrogen) atoms. The predicted molar refractivity (Wildman–Crippen MR) is 139 cm³/mol. The number of fused-ring (bicyclic) bond motifs is 6. The molecule has 0 bridgehead atoms. The van der Waals surface area contributed by atoms with Crippen LogP contribution in [0.3, 0.4) is 0 Å². The Hall–Kier alpha value is -4.83. The summed E-state index contributed by atoms with van der Waals surface area (Å²) in [5.41, 5.74) is 20.5. The third-order valence-corrected chi connectivity index (χ3v) is 5.64. The molecule has 6 rings (SSSR count). The second kappa shape index (κ2) is 8.50. The van der Waals surface area contributed by atoms with Crippen LogP contribution in [0.15, 0.2) is 66.9 Å². The molecule has 172 valence electrons. The van der Waals surface area contributed by atoms with E-state index in [0.717, 1.165) is 27.1 Å². The highest BCUT2D eigenvalue weighted by molar-refractivity contribution is 6.30. The first-order valence-corrected chi connectivity index (χ1v) is 10.7. The van der Waals surface area contributed by atoms with Crippen molar-refractivity contribution in [2.75, 3.05) is 17.2 Å². The van der Waals surface area contributed by atoms with Gasteiger partial charge in [0.2, 0.25) is 0 Å². The number of pyridine rings is 4. The number of nitrogen functional groups attached to an aromatic ring is 3. The zero-order chi connectivity index (χ0) is 24.7. The molecule has 0 amide bonds. The van der Waals surface area contributed by atoms with Gasteiger partial charge in [-0.25, -0.2) is 15.0 Å². The second-order valence-electron chi connectivity index (χ2n) is 7.66. The molecule has 0 unspecified atom stereocenters. The Morgan fingerprint density at radius 1 is 0.743 bits per heavy atom. The molecule has 0 atom stereocenters. The fourth-order valence-corrected chi connectivity index (χ4v) is 4.01. The summed E-state index contributed by atoms with van der Waals surface area (Å²) >= 11 is 5.85. The fourth-order valence-electron chi connectivity index (χ4n) is 3.86. The van der Waals surface area contributed by atoms with Crippen molar-refractivity contribution in [2.45, 2.75) is 0 Å². The molecule has 6 N–H and O–H groups in total. The molecular weight excluding hydrogens is 468 g/mol. The van der Waals surface area contributed by atoms with Gasteiger partial charge < -0.3 is 17.2 Å². The smallest absolute Gasteiger partial charge is 0.271 e. The number of benzene rings is 2. The average Bonchev–Trinajstić information content (AvgIpc) is 2.84. The number of nitrogens with two attached hydrogens (primary N) is 3. The van der Waals surface area contributed by atoms with Crippen molar-refractivity contribution in [1.29, 1.82) is 0 Å². The minimum Gasteiger partial charge on any atom is -0.399 e. The predicted octanol–water partition coefficient (Wildman–Crippen LogP) is 4.87. The van der Waals surface area contributed by atoms with E-state index < -0.39 is 4.92 Å². The van der Waals surface area contributed by atoms with Crippen molar-refractivity contribution >= 4 is 78.2 Å². The van der Waals surface area contributed by atoms with E-state index in [2.05, 4.69) is 19.9 Å². The third-order valence-electron chi connectivity index (χ3n) is 5.43. The van der Waals surface area contributed by atoms with Gasteiger partial charge >= 0.3 is 0 Å². The summed E-state index contributed by atoms with van der Waals surface area (Å²) in [5, 5.41) is 14.7. The lowest BCUT2D eigenvalue weighted by Gasteiger charge is -2.06. The number of hydrogen-bond acceptors (Lipinski definition) is 9. The molecule has 0 radical (unpaired) electrons. The van der Waals surface area contributed by atoms with E-state index in [0.29, 0.717) is 33.2 Å². The van der Waals surface area contributed by atoms with E-state index >= 15 is 0 Å². The van der Waals surface area contributed by atoms with E-state index in [4.69, 9.17) is 28.8 Å². The van der Waals surface area contributed by atoms with E-state index in [1.54, 1.807) is 30.5 Å². The molecule has 0 aliphatic carbocycles. The van der Waals surface area contributed by atoms with Crippen LogP contribution in [-0.2, 0) is 0 Å². The number of nitro groups is 1. The Kier molecular flexibility index (Phi) is 5.34. The molecule has 0 saturated carbocycles. The van der Waals surface area contributed by atoms with E-state index in [-0.39, 0.29) is 11.5 Å². The van der Waals surface area contributed by atoms with Crippen LogP contribution in [-0.4, -0.2) is 24.9 Å². The van der Waals surface area contributed by atoms with Crippen LogP contribution >= 0.6 is 11.6 Å². The summed E-state index contributed by atoms with van der Waals surface area (Å²) in [4.78, 5) is 27.1. The summed E-state index contributed by atoms with van der Waals surface area (Å²) < 4.78 is 0. The van der Waals surface area contributed by atoms with Crippen LogP contribution < -0.4 is 17.2 Å². The molecule has 0 saturated heterocycles. The van der Waals surface area contributed by atoms with Crippen LogP contribution in [0.1, 0.15) is 0 Å². The quantitative estimate of drug-likeness (QED) is 0.0965. The van der Waals surface area contributed by atoms with E-state index in [9.17, 15) is 10.1 Å². The Morgan fingerprint density at radius 3 is 2.11 bits per heavy atom. The highest BCUT2D eigenvalue weighted by atomic mass is 35.5. The maximum absolute atomic E-state index is 10.7. The molecule has 0 aliphatic heterocycles. The van der Waals surface area contributed by atoms with Crippen molar-refractivity contribution in [1.82, 2.24) is 19.9 Å². The number of anilines is 3. The minimum absolute atomic E-state index is 0.00218. The van der Waals surface area contributed by atoms with Crippen LogP contribution in [0, 0.1) is 10.1 Å². The van der Waals surface area contributed by atoms with Gasteiger partial charge in [-0.3, -0.25) is 15.1 Å². The average molecular weight is 485 g/mol. The highest BCUT2D eigenvalue weighted by Gasteiger charge is 2.11. The van der Waals surface area contributed by atoms with Gasteiger partial charge in [0.1, 0.15) is 16.2 Å². The lowest BCUT2D eigenvalue weighted by molar-refractivity contribution is -0.384. The molecule has 11 heteroatoms. The maximum atomic E-state index is 10.7. The minimum atomic E-state index is -0.454. The van der Waals surface area contributed by atoms with Crippen molar-refractivity contribution in [2.24, 2.45) is 0 Å². The lowest BCUT2D eigenvalue weighted by atomic mass is 10.1. The first kappa shape index (κ1) is 22.0. The van der Waals surface area contributed by atoms with Gasteiger partial charge in [0, 0.05) is 45.6 Å². The molecule has 0 spiro atoms. The molecule has 4 heterocycles. The first-order valence-electron chi connectivity index (χ1n) is 10.3. The lowest BCUT2D eigenvalue weighted by Crippen LogP contribution is -1.96. The number of halogens is 1. The maximum Gasteiger partial charge on any atom is 0.271 e. The summed E-state index contributed by atoms with van der Waals surface area (Å²) in [5.74, 6) is 0.638. The topological polar surface area (TPSA) is 173 Å². The van der Waals surface area contributed by atoms with Gasteiger partial charge in [-0.15, -0.1) is 0 Å². The van der Waals surface area contributed by atoms with Crippen molar-refractivity contribution in [3.63, 3.8) is 0 Å². The number of nitro benzene ring substituents is 1. The Labute approximate surface area is 202 Å². The van der Waals surface area contributed by atoms with Crippen LogP contribution in [0.25, 0.3) is 43.6 Å². The summed E-state index contributed by atoms with van der Waals surface area (Å²) in [6, 6.07) is 17.4. The number of hydrogen-bond donors (Lipinski definition) is 3. The number of aromatic nitrogens is 4. The molecule has 6 aromatic rings. The van der Waals surface area contributed by atoms with Gasteiger partial charge in [-0.2, -0.15) is 0 Å². The molecule has 10 nitrogen and oxygen atoms in total. The molecule has 0 fully saturated rings. The zero-order valence-corrected chi connectivity index (χ0v) is 18.8. The molecule has 2 aromatic carbocycles. The highest BCUT2D eigenvalue weighted by Crippen LogP contribution is 2.29. The van der Waals surface area contributed by atoms with Gasteiger partial charge in [0.25, 0.3) is 5.69 Å². The number of rotatable bonds is 1. The monoisotopic (exact) mass is 484 g/mol. The van der Waals surface area contributed by atoms with Gasteiger partial charge in [0.15, 0.2) is 11.6 Å². The number of nitrogens with zero attached hydrogens (tertiary/aromatic N) is 5. The summed E-state index contributed by atoms with van der Waals surface area (Å²) in [6.45, 7) is 0. The normalized spacial score (nSPS) is 11.0. The van der Waals surface area contributed by atoms with Crippen molar-refractivity contribution in [3.8, 4) is 0 Å². The molecular formula is C24H17ClN8O2. The largest absolute Gasteiger partial charge is 0.399 e. The Bertz CT molecular complexity index is 1790. The standard InChI is InChI=1S/C12H9ClN4.C12H8N4O2/c13-10-4-3-8-7-2-1-6(14)5-9(7)16-12(15)11(8)17-10;13-12-11-9(2-1-5-14-11)8-4-3-7(16(17)18)6-10(8)15-12/h1-5H,14H2,(H2,15,16);1-6H,(H2,13,15). The Balaban J connectivity index is 0.000000145. The second-order valence-corrected chi connectivity index (χ2v) is 8.05. The fraction of sp³-hybridized carbons (Fsp3) is 0. The van der Waals surface area contributed by atoms with Crippen LogP contribution in [0.4, 0.5) is 23.0 Å². The Morgan fingerprint density at radius 2 is 1.37 bits per heavy atom. The SMILES string of the molecule is Nc1ccc2c(c1)nc(N)c1nc(Cl)ccc12.Nc1nc2cc([N+](=O)[O-])ccc2c2cccnc12. The molecule has 4 aromatic heterocycles. The first-order chi connectivity index (χ1) is 16.8.